The summed E-state index contributed by atoms with van der Waals surface area (Å²) in [6, 6.07) is 21.6. The minimum Gasteiger partial charge on any atom is -0.388 e. The number of benzene rings is 2. The Morgan fingerprint density at radius 3 is 1.95 bits per heavy atom. The fraction of sp³-hybridized carbons (Fsp3) is 0.0556. The van der Waals surface area contributed by atoms with Gasteiger partial charge in [0.05, 0.1) is 17.1 Å². The van der Waals surface area contributed by atoms with Crippen molar-refractivity contribution >= 4 is 17.1 Å². The normalized spacial score (nSPS) is 10.8. The summed E-state index contributed by atoms with van der Waals surface area (Å²) in [4.78, 5) is 4.33. The lowest BCUT2D eigenvalue weighted by molar-refractivity contribution is 1.23. The molecule has 1 N–H and O–H groups in total. The molecular formula is C18H16N4. The van der Waals surface area contributed by atoms with Crippen molar-refractivity contribution < 1.29 is 0 Å². The fourth-order valence-corrected chi connectivity index (χ4v) is 2.04. The van der Waals surface area contributed by atoms with Crippen LogP contribution in [0, 0.1) is 0 Å². The van der Waals surface area contributed by atoms with E-state index >= 15 is 0 Å². The van der Waals surface area contributed by atoms with Gasteiger partial charge in [-0.3, -0.25) is 4.98 Å². The number of anilines is 1. The Balaban J connectivity index is 1.74. The summed E-state index contributed by atoms with van der Waals surface area (Å²) in [6.45, 7) is 0. The Morgan fingerprint density at radius 1 is 0.773 bits per heavy atom. The number of hydrogen-bond acceptors (Lipinski definition) is 4. The highest BCUT2D eigenvalue weighted by atomic mass is 15.1. The number of aromatic nitrogens is 1. The van der Waals surface area contributed by atoms with Crippen molar-refractivity contribution in [2.24, 2.45) is 10.2 Å². The summed E-state index contributed by atoms with van der Waals surface area (Å²) >= 11 is 0. The molecule has 4 heteroatoms. The number of hydrogen-bond donors (Lipinski definition) is 1. The third-order valence-corrected chi connectivity index (χ3v) is 3.26. The van der Waals surface area contributed by atoms with Gasteiger partial charge >= 0.3 is 0 Å². The van der Waals surface area contributed by atoms with Gasteiger partial charge in [-0.05, 0) is 48.5 Å². The number of nitrogens with zero attached hydrogens (tertiary/aromatic N) is 3. The Morgan fingerprint density at radius 2 is 1.41 bits per heavy atom. The molecule has 0 amide bonds. The number of pyridine rings is 1. The predicted octanol–water partition coefficient (Wildman–Crippen LogP) is 5.21. The van der Waals surface area contributed by atoms with Gasteiger partial charge in [0.2, 0.25) is 0 Å². The van der Waals surface area contributed by atoms with Crippen molar-refractivity contribution in [3.63, 3.8) is 0 Å². The molecule has 0 radical (unpaired) electrons. The smallest absolute Gasteiger partial charge is 0.0858 e. The van der Waals surface area contributed by atoms with Crippen molar-refractivity contribution in [1.29, 1.82) is 0 Å². The highest BCUT2D eigenvalue weighted by Gasteiger charge is 1.98. The van der Waals surface area contributed by atoms with Crippen LogP contribution in [-0.4, -0.2) is 12.0 Å². The first-order chi connectivity index (χ1) is 10.8. The summed E-state index contributed by atoms with van der Waals surface area (Å²) in [5.41, 5.74) is 4.72. The first-order valence-corrected chi connectivity index (χ1v) is 7.06. The number of azo groups is 1. The third kappa shape index (κ3) is 3.35. The molecule has 0 aliphatic heterocycles. The van der Waals surface area contributed by atoms with Crippen LogP contribution in [0.25, 0.3) is 11.3 Å². The minimum atomic E-state index is 0.817. The lowest BCUT2D eigenvalue weighted by atomic mass is 10.1. The van der Waals surface area contributed by atoms with E-state index in [1.54, 1.807) is 6.20 Å². The maximum atomic E-state index is 4.33. The minimum absolute atomic E-state index is 0.817. The molecule has 108 valence electrons. The SMILES string of the molecule is CNc1ccc(N=Nc2ccc(-c3ccccn3)cc2)cc1. The molecule has 0 bridgehead atoms. The van der Waals surface area contributed by atoms with Crippen LogP contribution in [0.1, 0.15) is 0 Å². The van der Waals surface area contributed by atoms with Gasteiger partial charge in [-0.25, -0.2) is 0 Å². The van der Waals surface area contributed by atoms with Crippen molar-refractivity contribution in [2.75, 3.05) is 12.4 Å². The molecule has 0 aliphatic rings. The van der Waals surface area contributed by atoms with E-state index in [2.05, 4.69) is 20.5 Å². The van der Waals surface area contributed by atoms with Crippen molar-refractivity contribution in [2.45, 2.75) is 0 Å². The van der Waals surface area contributed by atoms with Gasteiger partial charge in [0, 0.05) is 24.5 Å². The lowest BCUT2D eigenvalue weighted by Crippen LogP contribution is -1.85. The molecule has 1 heterocycles. The topological polar surface area (TPSA) is 49.6 Å². The summed E-state index contributed by atoms with van der Waals surface area (Å²) in [7, 11) is 1.89. The van der Waals surface area contributed by atoms with Crippen molar-refractivity contribution in [3.8, 4) is 11.3 Å². The predicted molar refractivity (Wildman–Crippen MR) is 89.8 cm³/mol. The summed E-state index contributed by atoms with van der Waals surface area (Å²) in [6.07, 6.45) is 1.79. The summed E-state index contributed by atoms with van der Waals surface area (Å²) < 4.78 is 0. The zero-order chi connectivity index (χ0) is 15.2. The van der Waals surface area contributed by atoms with Crippen LogP contribution in [0.15, 0.2) is 83.2 Å². The monoisotopic (exact) mass is 288 g/mol. The van der Waals surface area contributed by atoms with E-state index in [-0.39, 0.29) is 0 Å². The van der Waals surface area contributed by atoms with E-state index in [0.29, 0.717) is 0 Å². The standard InChI is InChI=1S/C18H16N4/c1-19-15-9-11-17(12-10-15)22-21-16-7-5-14(6-8-16)18-4-2-3-13-20-18/h2-13,19H,1H3. The van der Waals surface area contributed by atoms with Gasteiger partial charge in [0.25, 0.3) is 0 Å². The van der Waals surface area contributed by atoms with Gasteiger partial charge in [-0.2, -0.15) is 10.2 Å². The van der Waals surface area contributed by atoms with Crippen LogP contribution < -0.4 is 5.32 Å². The van der Waals surface area contributed by atoms with Crippen LogP contribution in [0.4, 0.5) is 17.1 Å². The van der Waals surface area contributed by atoms with Crippen molar-refractivity contribution in [1.82, 2.24) is 4.98 Å². The molecule has 3 aromatic rings. The van der Waals surface area contributed by atoms with E-state index in [9.17, 15) is 0 Å². The number of nitrogens with one attached hydrogen (secondary N) is 1. The second-order valence-corrected chi connectivity index (χ2v) is 4.76. The van der Waals surface area contributed by atoms with Gasteiger partial charge in [-0.15, -0.1) is 0 Å². The molecule has 0 unspecified atom stereocenters. The second-order valence-electron chi connectivity index (χ2n) is 4.76. The molecule has 0 saturated heterocycles. The average molecular weight is 288 g/mol. The van der Waals surface area contributed by atoms with E-state index in [1.807, 2.05) is 73.8 Å². The molecule has 0 aliphatic carbocycles. The molecule has 22 heavy (non-hydrogen) atoms. The van der Waals surface area contributed by atoms with Crippen LogP contribution in [0.3, 0.4) is 0 Å². The first kappa shape index (κ1) is 13.9. The molecule has 0 spiro atoms. The third-order valence-electron chi connectivity index (χ3n) is 3.26. The van der Waals surface area contributed by atoms with Crippen molar-refractivity contribution in [3.05, 3.63) is 72.9 Å². The van der Waals surface area contributed by atoms with Gasteiger partial charge in [-0.1, -0.05) is 18.2 Å². The molecule has 0 atom stereocenters. The lowest BCUT2D eigenvalue weighted by Gasteiger charge is -2.00. The molecule has 2 aromatic carbocycles. The van der Waals surface area contributed by atoms with Crippen LogP contribution >= 0.6 is 0 Å². The summed E-state index contributed by atoms with van der Waals surface area (Å²) in [5.74, 6) is 0. The van der Waals surface area contributed by atoms with E-state index in [0.717, 1.165) is 28.3 Å². The van der Waals surface area contributed by atoms with Gasteiger partial charge < -0.3 is 5.32 Å². The summed E-state index contributed by atoms with van der Waals surface area (Å²) in [5, 5.41) is 11.6. The fourth-order valence-electron chi connectivity index (χ4n) is 2.04. The Labute approximate surface area is 129 Å². The molecule has 4 nitrogen and oxygen atoms in total. The molecule has 0 saturated carbocycles. The van der Waals surface area contributed by atoms with E-state index in [1.165, 1.54) is 0 Å². The number of rotatable bonds is 4. The maximum absolute atomic E-state index is 4.33. The molecular weight excluding hydrogens is 272 g/mol. The zero-order valence-electron chi connectivity index (χ0n) is 12.3. The molecule has 1 aromatic heterocycles. The Bertz CT molecular complexity index is 747. The average Bonchev–Trinajstić information content (AvgIpc) is 2.61. The maximum Gasteiger partial charge on any atom is 0.0858 e. The Hall–Kier alpha value is -3.01. The highest BCUT2D eigenvalue weighted by molar-refractivity contribution is 5.61. The quantitative estimate of drug-likeness (QED) is 0.670. The zero-order valence-corrected chi connectivity index (χ0v) is 12.3. The van der Waals surface area contributed by atoms with E-state index < -0.39 is 0 Å². The van der Waals surface area contributed by atoms with Gasteiger partial charge in [0.1, 0.15) is 0 Å². The van der Waals surface area contributed by atoms with Crippen LogP contribution in [-0.2, 0) is 0 Å². The largest absolute Gasteiger partial charge is 0.388 e. The van der Waals surface area contributed by atoms with Crippen LogP contribution in [0.5, 0.6) is 0 Å². The van der Waals surface area contributed by atoms with Gasteiger partial charge in [0.15, 0.2) is 0 Å². The highest BCUT2D eigenvalue weighted by Crippen LogP contribution is 2.23. The van der Waals surface area contributed by atoms with E-state index in [4.69, 9.17) is 0 Å². The molecule has 3 rings (SSSR count). The van der Waals surface area contributed by atoms with Crippen LogP contribution in [0.2, 0.25) is 0 Å². The first-order valence-electron chi connectivity index (χ1n) is 7.06. The molecule has 0 fully saturated rings. The Kier molecular flexibility index (Phi) is 4.20. The second kappa shape index (κ2) is 6.63.